The first-order chi connectivity index (χ1) is 13.4. The Balaban J connectivity index is 2.03. The molecule has 0 heterocycles. The molecule has 5 nitrogen and oxygen atoms in total. The van der Waals surface area contributed by atoms with E-state index < -0.39 is 10.1 Å². The average Bonchev–Trinajstić information content (AvgIpc) is 2.71. The fourth-order valence-corrected chi connectivity index (χ4v) is 3.53. The number of benzene rings is 3. The molecule has 0 unspecified atom stereocenters. The van der Waals surface area contributed by atoms with Gasteiger partial charge in [0.05, 0.1) is 14.2 Å². The minimum absolute atomic E-state index is 0.126. The van der Waals surface area contributed by atoms with E-state index >= 15 is 0 Å². The van der Waals surface area contributed by atoms with Crippen LogP contribution in [0.2, 0.25) is 0 Å². The van der Waals surface area contributed by atoms with Crippen molar-refractivity contribution >= 4 is 22.3 Å². The Hall–Kier alpha value is -3.09. The van der Waals surface area contributed by atoms with Crippen molar-refractivity contribution in [2.45, 2.75) is 4.90 Å². The molecule has 1 N–H and O–H groups in total. The molecule has 0 bridgehead atoms. The first-order valence-electron chi connectivity index (χ1n) is 8.49. The van der Waals surface area contributed by atoms with Gasteiger partial charge >= 0.3 is 0 Å². The summed E-state index contributed by atoms with van der Waals surface area (Å²) >= 11 is 0. The van der Waals surface area contributed by atoms with E-state index in [4.69, 9.17) is 9.47 Å². The molecule has 0 aliphatic rings. The van der Waals surface area contributed by atoms with Gasteiger partial charge in [0.1, 0.15) is 16.4 Å². The Bertz CT molecular complexity index is 1080. The predicted molar refractivity (Wildman–Crippen MR) is 110 cm³/mol. The molecule has 3 rings (SSSR count). The van der Waals surface area contributed by atoms with Crippen molar-refractivity contribution in [1.29, 1.82) is 0 Å². The standard InChI is InChI=1S/C22H20O5S/c1-26-19-12-17(13-20(15-19)27-2)9-8-16-10-11-22(28(23,24)25)21(14-16)18-6-4-3-5-7-18/h3-15H,1-2H3,(H,23,24,25)/b9-8+. The highest BCUT2D eigenvalue weighted by molar-refractivity contribution is 7.86. The molecule has 3 aromatic rings. The lowest BCUT2D eigenvalue weighted by Gasteiger charge is -2.09. The molecule has 0 aromatic heterocycles. The minimum atomic E-state index is -4.34. The fourth-order valence-electron chi connectivity index (χ4n) is 2.84. The SMILES string of the molecule is COc1cc(/C=C/c2ccc(S(=O)(=O)O)c(-c3ccccc3)c2)cc(OC)c1. The highest BCUT2D eigenvalue weighted by Gasteiger charge is 2.16. The number of rotatable bonds is 6. The molecule has 0 aliphatic carbocycles. The van der Waals surface area contributed by atoms with E-state index in [1.54, 1.807) is 44.6 Å². The Morgan fingerprint density at radius 1 is 0.786 bits per heavy atom. The van der Waals surface area contributed by atoms with Gasteiger partial charge in [0.2, 0.25) is 0 Å². The first-order valence-corrected chi connectivity index (χ1v) is 9.93. The summed E-state index contributed by atoms with van der Waals surface area (Å²) in [5.74, 6) is 1.34. The molecule has 0 saturated heterocycles. The van der Waals surface area contributed by atoms with E-state index in [9.17, 15) is 13.0 Å². The summed E-state index contributed by atoms with van der Waals surface area (Å²) in [5, 5.41) is 0. The quantitative estimate of drug-likeness (QED) is 0.479. The van der Waals surface area contributed by atoms with Gasteiger partial charge in [-0.2, -0.15) is 8.42 Å². The Morgan fingerprint density at radius 3 is 1.96 bits per heavy atom. The molecule has 0 fully saturated rings. The molecule has 28 heavy (non-hydrogen) atoms. The van der Waals surface area contributed by atoms with Gasteiger partial charge in [-0.25, -0.2) is 0 Å². The summed E-state index contributed by atoms with van der Waals surface area (Å²) in [6.45, 7) is 0. The molecule has 0 radical (unpaired) electrons. The van der Waals surface area contributed by atoms with Crippen LogP contribution in [0, 0.1) is 0 Å². The topological polar surface area (TPSA) is 72.8 Å². The number of hydrogen-bond acceptors (Lipinski definition) is 4. The number of hydrogen-bond donors (Lipinski definition) is 1. The second kappa shape index (κ2) is 8.29. The smallest absolute Gasteiger partial charge is 0.295 e. The van der Waals surface area contributed by atoms with E-state index in [2.05, 4.69) is 0 Å². The maximum absolute atomic E-state index is 11.8. The van der Waals surface area contributed by atoms with Gasteiger partial charge < -0.3 is 9.47 Å². The van der Waals surface area contributed by atoms with E-state index in [0.29, 0.717) is 22.6 Å². The monoisotopic (exact) mass is 396 g/mol. The van der Waals surface area contributed by atoms with Gasteiger partial charge in [-0.1, -0.05) is 48.6 Å². The summed E-state index contributed by atoms with van der Waals surface area (Å²) in [7, 11) is -1.17. The van der Waals surface area contributed by atoms with Crippen LogP contribution in [-0.2, 0) is 10.1 Å². The lowest BCUT2D eigenvalue weighted by atomic mass is 10.0. The van der Waals surface area contributed by atoms with Gasteiger partial charge in [-0.3, -0.25) is 4.55 Å². The summed E-state index contributed by atoms with van der Waals surface area (Å²) < 4.78 is 43.7. The van der Waals surface area contributed by atoms with Crippen LogP contribution < -0.4 is 9.47 Å². The van der Waals surface area contributed by atoms with Gasteiger partial charge in [-0.05, 0) is 41.0 Å². The van der Waals surface area contributed by atoms with E-state index in [1.165, 1.54) is 6.07 Å². The third-order valence-corrected chi connectivity index (χ3v) is 5.12. The summed E-state index contributed by atoms with van der Waals surface area (Å²) in [5.41, 5.74) is 2.80. The van der Waals surface area contributed by atoms with E-state index in [1.807, 2.05) is 42.5 Å². The zero-order valence-corrected chi connectivity index (χ0v) is 16.3. The van der Waals surface area contributed by atoms with Crippen molar-refractivity contribution in [3.05, 3.63) is 77.9 Å². The van der Waals surface area contributed by atoms with Crippen molar-refractivity contribution < 1.29 is 22.4 Å². The second-order valence-corrected chi connectivity index (χ2v) is 7.47. The fraction of sp³-hybridized carbons (Fsp3) is 0.0909. The number of ether oxygens (including phenoxy) is 2. The Kier molecular flexibility index (Phi) is 5.82. The minimum Gasteiger partial charge on any atom is -0.497 e. The van der Waals surface area contributed by atoms with Crippen molar-refractivity contribution in [2.24, 2.45) is 0 Å². The van der Waals surface area contributed by atoms with Gasteiger partial charge in [0, 0.05) is 11.6 Å². The van der Waals surface area contributed by atoms with Crippen LogP contribution in [0.1, 0.15) is 11.1 Å². The predicted octanol–water partition coefficient (Wildman–Crippen LogP) is 4.79. The normalized spacial score (nSPS) is 11.5. The van der Waals surface area contributed by atoms with Crippen molar-refractivity contribution in [2.75, 3.05) is 14.2 Å². The van der Waals surface area contributed by atoms with E-state index in [-0.39, 0.29) is 4.90 Å². The lowest BCUT2D eigenvalue weighted by molar-refractivity contribution is 0.394. The third kappa shape index (κ3) is 4.60. The zero-order chi connectivity index (χ0) is 20.1. The van der Waals surface area contributed by atoms with Crippen LogP contribution in [0.5, 0.6) is 11.5 Å². The van der Waals surface area contributed by atoms with Crippen LogP contribution in [0.25, 0.3) is 23.3 Å². The van der Waals surface area contributed by atoms with Crippen molar-refractivity contribution in [1.82, 2.24) is 0 Å². The molecule has 6 heteroatoms. The summed E-state index contributed by atoms with van der Waals surface area (Å²) in [6.07, 6.45) is 3.73. The molecule has 0 amide bonds. The highest BCUT2D eigenvalue weighted by Crippen LogP contribution is 2.29. The highest BCUT2D eigenvalue weighted by atomic mass is 32.2. The molecule has 3 aromatic carbocycles. The van der Waals surface area contributed by atoms with Crippen LogP contribution >= 0.6 is 0 Å². The largest absolute Gasteiger partial charge is 0.497 e. The van der Waals surface area contributed by atoms with E-state index in [0.717, 1.165) is 11.1 Å². The Morgan fingerprint density at radius 2 is 1.39 bits per heavy atom. The van der Waals surface area contributed by atoms with Crippen LogP contribution in [0.3, 0.4) is 0 Å². The second-order valence-electron chi connectivity index (χ2n) is 6.08. The number of methoxy groups -OCH3 is 2. The molecule has 0 saturated carbocycles. The van der Waals surface area contributed by atoms with Crippen LogP contribution in [-0.4, -0.2) is 27.2 Å². The van der Waals surface area contributed by atoms with Gasteiger partial charge in [0.25, 0.3) is 10.1 Å². The molecular weight excluding hydrogens is 376 g/mol. The summed E-state index contributed by atoms with van der Waals surface area (Å²) in [4.78, 5) is -0.126. The maximum atomic E-state index is 11.8. The third-order valence-electron chi connectivity index (χ3n) is 4.21. The van der Waals surface area contributed by atoms with Crippen LogP contribution in [0.4, 0.5) is 0 Å². The summed E-state index contributed by atoms with van der Waals surface area (Å²) in [6, 6.07) is 19.4. The molecule has 0 aliphatic heterocycles. The molecule has 0 atom stereocenters. The van der Waals surface area contributed by atoms with Crippen LogP contribution in [0.15, 0.2) is 71.6 Å². The zero-order valence-electron chi connectivity index (χ0n) is 15.5. The maximum Gasteiger partial charge on any atom is 0.295 e. The first kappa shape index (κ1) is 19.7. The Labute approximate surface area is 164 Å². The molecular formula is C22H20O5S. The molecule has 0 spiro atoms. The average molecular weight is 396 g/mol. The lowest BCUT2D eigenvalue weighted by Crippen LogP contribution is -2.01. The van der Waals surface area contributed by atoms with Crippen molar-refractivity contribution in [3.8, 4) is 22.6 Å². The van der Waals surface area contributed by atoms with Gasteiger partial charge in [-0.15, -0.1) is 0 Å². The molecule has 144 valence electrons. The van der Waals surface area contributed by atoms with Gasteiger partial charge in [0.15, 0.2) is 0 Å². The van der Waals surface area contributed by atoms with Crippen molar-refractivity contribution in [3.63, 3.8) is 0 Å².